The van der Waals surface area contributed by atoms with E-state index in [1.165, 1.54) is 21.2 Å². The van der Waals surface area contributed by atoms with Crippen molar-refractivity contribution in [2.24, 2.45) is 0 Å². The second-order valence-corrected chi connectivity index (χ2v) is 6.70. The molecule has 0 heterocycles. The maximum absolute atomic E-state index is 3.51. The van der Waals surface area contributed by atoms with Crippen LogP contribution in [0.3, 0.4) is 0 Å². The topological polar surface area (TPSA) is 12.0 Å². The Labute approximate surface area is 137 Å². The summed E-state index contributed by atoms with van der Waals surface area (Å²) in [4.78, 5) is 1.30. The summed E-state index contributed by atoms with van der Waals surface area (Å²) in [5.74, 6) is 0. The predicted molar refractivity (Wildman–Crippen MR) is 97.2 cm³/mol. The molecular weight excluding hydrogens is 342 g/mol. The Morgan fingerprint density at radius 3 is 2.38 bits per heavy atom. The van der Waals surface area contributed by atoms with Gasteiger partial charge >= 0.3 is 0 Å². The molecule has 3 heteroatoms. The molecule has 0 saturated heterocycles. The van der Waals surface area contributed by atoms with E-state index in [4.69, 9.17) is 0 Å². The molecule has 0 fully saturated rings. The number of nitrogens with one attached hydrogen (secondary N) is 1. The molecule has 0 radical (unpaired) electrons. The van der Waals surface area contributed by atoms with E-state index >= 15 is 0 Å². The Kier molecular flexibility index (Phi) is 4.51. The molecule has 0 saturated carbocycles. The predicted octanol–water partition coefficient (Wildman–Crippen LogP) is 5.94. The number of hydrogen-bond acceptors (Lipinski definition) is 2. The van der Waals surface area contributed by atoms with Gasteiger partial charge in [-0.05, 0) is 59.0 Å². The number of thioether (sulfide) groups is 1. The molecule has 0 atom stereocenters. The van der Waals surface area contributed by atoms with Crippen LogP contribution >= 0.6 is 27.7 Å². The zero-order valence-corrected chi connectivity index (χ0v) is 14.2. The summed E-state index contributed by atoms with van der Waals surface area (Å²) in [6.45, 7) is 0.844. The van der Waals surface area contributed by atoms with Crippen LogP contribution in [0, 0.1) is 0 Å². The highest BCUT2D eigenvalue weighted by atomic mass is 79.9. The summed E-state index contributed by atoms with van der Waals surface area (Å²) in [6, 6.07) is 21.5. The molecule has 3 rings (SSSR count). The third-order valence-corrected chi connectivity index (χ3v) is 4.69. The third kappa shape index (κ3) is 3.60. The van der Waals surface area contributed by atoms with Gasteiger partial charge in [0.15, 0.2) is 0 Å². The van der Waals surface area contributed by atoms with Crippen molar-refractivity contribution in [3.05, 3.63) is 70.7 Å². The summed E-state index contributed by atoms with van der Waals surface area (Å²) in [7, 11) is 0. The van der Waals surface area contributed by atoms with Gasteiger partial charge in [0, 0.05) is 21.6 Å². The van der Waals surface area contributed by atoms with Gasteiger partial charge in [0.25, 0.3) is 0 Å². The van der Waals surface area contributed by atoms with E-state index in [1.54, 1.807) is 11.8 Å². The van der Waals surface area contributed by atoms with Crippen LogP contribution in [0.15, 0.2) is 70.0 Å². The van der Waals surface area contributed by atoms with E-state index in [2.05, 4.69) is 88.2 Å². The summed E-state index contributed by atoms with van der Waals surface area (Å²) in [5, 5.41) is 5.99. The van der Waals surface area contributed by atoms with Crippen LogP contribution in [-0.4, -0.2) is 6.26 Å². The van der Waals surface area contributed by atoms with Crippen LogP contribution in [0.1, 0.15) is 5.56 Å². The summed E-state index contributed by atoms with van der Waals surface area (Å²) >= 11 is 5.28. The van der Waals surface area contributed by atoms with Gasteiger partial charge in [-0.1, -0.05) is 40.2 Å². The zero-order chi connectivity index (χ0) is 14.7. The Balaban J connectivity index is 1.73. The second kappa shape index (κ2) is 6.54. The van der Waals surface area contributed by atoms with Gasteiger partial charge in [0.1, 0.15) is 0 Å². The molecule has 1 nitrogen and oxygen atoms in total. The monoisotopic (exact) mass is 357 g/mol. The van der Waals surface area contributed by atoms with Crippen molar-refractivity contribution in [2.75, 3.05) is 11.6 Å². The van der Waals surface area contributed by atoms with Crippen LogP contribution in [0.2, 0.25) is 0 Å². The Bertz CT molecular complexity index is 753. The van der Waals surface area contributed by atoms with E-state index < -0.39 is 0 Å². The number of hydrogen-bond donors (Lipinski definition) is 1. The quantitative estimate of drug-likeness (QED) is 0.580. The summed E-state index contributed by atoms with van der Waals surface area (Å²) < 4.78 is 1.12. The van der Waals surface area contributed by atoms with Gasteiger partial charge in [0.05, 0.1) is 0 Å². The first-order valence-corrected chi connectivity index (χ1v) is 8.82. The van der Waals surface area contributed by atoms with Gasteiger partial charge in [-0.3, -0.25) is 0 Å². The lowest BCUT2D eigenvalue weighted by molar-refractivity contribution is 1.14. The molecule has 1 N–H and O–H groups in total. The molecule has 106 valence electrons. The van der Waals surface area contributed by atoms with E-state index in [-0.39, 0.29) is 0 Å². The number of benzene rings is 3. The van der Waals surface area contributed by atoms with Crippen molar-refractivity contribution in [2.45, 2.75) is 11.4 Å². The molecule has 0 aliphatic rings. The Morgan fingerprint density at radius 1 is 0.905 bits per heavy atom. The van der Waals surface area contributed by atoms with Gasteiger partial charge in [0.2, 0.25) is 0 Å². The van der Waals surface area contributed by atoms with Crippen molar-refractivity contribution >= 4 is 44.2 Å². The average molecular weight is 358 g/mol. The van der Waals surface area contributed by atoms with Crippen molar-refractivity contribution in [3.8, 4) is 0 Å². The normalized spacial score (nSPS) is 10.8. The smallest absolute Gasteiger partial charge is 0.0400 e. The Morgan fingerprint density at radius 2 is 1.62 bits per heavy atom. The van der Waals surface area contributed by atoms with Crippen LogP contribution in [0.4, 0.5) is 5.69 Å². The fourth-order valence-corrected chi connectivity index (χ4v) is 3.06. The van der Waals surface area contributed by atoms with Crippen molar-refractivity contribution in [1.82, 2.24) is 0 Å². The number of rotatable bonds is 4. The lowest BCUT2D eigenvalue weighted by Gasteiger charge is -2.08. The van der Waals surface area contributed by atoms with Crippen LogP contribution in [-0.2, 0) is 6.54 Å². The van der Waals surface area contributed by atoms with Gasteiger partial charge in [-0.25, -0.2) is 0 Å². The third-order valence-electron chi connectivity index (χ3n) is 3.46. The second-order valence-electron chi connectivity index (χ2n) is 4.91. The number of fused-ring (bicyclic) bond motifs is 1. The highest BCUT2D eigenvalue weighted by Gasteiger charge is 1.99. The maximum atomic E-state index is 3.51. The van der Waals surface area contributed by atoms with E-state index in [0.29, 0.717) is 0 Å². The molecule has 21 heavy (non-hydrogen) atoms. The summed E-state index contributed by atoms with van der Waals surface area (Å²) in [6.07, 6.45) is 2.10. The standard InChI is InChI=1S/C18H16BrNS/c1-21-18-8-2-13(3-9-18)12-20-17-7-5-14-10-16(19)6-4-15(14)11-17/h2-11,20H,12H2,1H3. The first kappa shape index (κ1) is 14.5. The largest absolute Gasteiger partial charge is 0.381 e. The van der Waals surface area contributed by atoms with E-state index in [0.717, 1.165) is 16.7 Å². The lowest BCUT2D eigenvalue weighted by atomic mass is 10.1. The van der Waals surface area contributed by atoms with Gasteiger partial charge in [-0.15, -0.1) is 11.8 Å². The van der Waals surface area contributed by atoms with Crippen LogP contribution in [0.25, 0.3) is 10.8 Å². The molecule has 0 amide bonds. The Hall–Kier alpha value is -1.45. The van der Waals surface area contributed by atoms with Crippen molar-refractivity contribution < 1.29 is 0 Å². The minimum absolute atomic E-state index is 0.844. The molecule has 0 aromatic heterocycles. The molecule has 0 aliphatic heterocycles. The molecule has 0 aliphatic carbocycles. The minimum Gasteiger partial charge on any atom is -0.381 e. The highest BCUT2D eigenvalue weighted by Crippen LogP contribution is 2.23. The highest BCUT2D eigenvalue weighted by molar-refractivity contribution is 9.10. The molecule has 3 aromatic carbocycles. The fourth-order valence-electron chi connectivity index (χ4n) is 2.27. The minimum atomic E-state index is 0.844. The van der Waals surface area contributed by atoms with Gasteiger partial charge < -0.3 is 5.32 Å². The zero-order valence-electron chi connectivity index (χ0n) is 11.8. The van der Waals surface area contributed by atoms with Crippen LogP contribution < -0.4 is 5.32 Å². The molecule has 0 unspecified atom stereocenters. The first-order chi connectivity index (χ1) is 10.2. The molecular formula is C18H16BrNS. The maximum Gasteiger partial charge on any atom is 0.0400 e. The van der Waals surface area contributed by atoms with Crippen molar-refractivity contribution in [3.63, 3.8) is 0 Å². The summed E-state index contributed by atoms with van der Waals surface area (Å²) in [5.41, 5.74) is 2.45. The molecule has 3 aromatic rings. The average Bonchev–Trinajstić information content (AvgIpc) is 2.53. The lowest BCUT2D eigenvalue weighted by Crippen LogP contribution is -1.98. The number of halogens is 1. The first-order valence-electron chi connectivity index (χ1n) is 6.81. The van der Waals surface area contributed by atoms with E-state index in [1.807, 2.05) is 0 Å². The molecule has 0 bridgehead atoms. The SMILES string of the molecule is CSc1ccc(CNc2ccc3cc(Br)ccc3c2)cc1. The van der Waals surface area contributed by atoms with E-state index in [9.17, 15) is 0 Å². The fraction of sp³-hybridized carbons (Fsp3) is 0.111. The number of anilines is 1. The molecule has 0 spiro atoms. The van der Waals surface area contributed by atoms with Crippen molar-refractivity contribution in [1.29, 1.82) is 0 Å². The van der Waals surface area contributed by atoms with Gasteiger partial charge in [-0.2, -0.15) is 0 Å². The van der Waals surface area contributed by atoms with Crippen LogP contribution in [0.5, 0.6) is 0 Å².